The monoisotopic (exact) mass is 511 g/mol. The number of carbonyl (C=O) groups excluding carboxylic acids is 1. The number of hydrogen-bond donors (Lipinski definition) is 2. The van der Waals surface area contributed by atoms with Crippen LogP contribution in [0.3, 0.4) is 0 Å². The number of nitrogens with zero attached hydrogens (tertiary/aromatic N) is 4. The maximum absolute atomic E-state index is 13.4. The van der Waals surface area contributed by atoms with E-state index in [1.165, 1.54) is 10.5 Å². The number of rotatable bonds is 8. The van der Waals surface area contributed by atoms with Crippen molar-refractivity contribution in [3.05, 3.63) is 100 Å². The van der Waals surface area contributed by atoms with E-state index in [-0.39, 0.29) is 28.2 Å². The molecule has 4 aromatic heterocycles. The van der Waals surface area contributed by atoms with E-state index < -0.39 is 0 Å². The van der Waals surface area contributed by atoms with E-state index in [1.54, 1.807) is 49.5 Å². The minimum atomic E-state index is -0.387. The molecular formula is C28H27N6O4+. The molecule has 4 heterocycles. The van der Waals surface area contributed by atoms with Gasteiger partial charge in [-0.15, -0.1) is 0 Å². The normalized spacial score (nSPS) is 11.0. The van der Waals surface area contributed by atoms with E-state index in [4.69, 9.17) is 20.2 Å². The quantitative estimate of drug-likeness (QED) is 0.242. The molecule has 0 radical (unpaired) electrons. The van der Waals surface area contributed by atoms with Crippen LogP contribution in [0.25, 0.3) is 16.7 Å². The molecule has 0 spiro atoms. The Bertz CT molecular complexity index is 1700. The first-order valence-corrected chi connectivity index (χ1v) is 12.0. The van der Waals surface area contributed by atoms with Gasteiger partial charge >= 0.3 is 0 Å². The number of anilines is 1. The summed E-state index contributed by atoms with van der Waals surface area (Å²) in [7, 11) is 3.16. The Kier molecular flexibility index (Phi) is 6.86. The van der Waals surface area contributed by atoms with Crippen LogP contribution >= 0.6 is 0 Å². The maximum atomic E-state index is 13.4. The van der Waals surface area contributed by atoms with Gasteiger partial charge in [0.1, 0.15) is 10.9 Å². The van der Waals surface area contributed by atoms with Crippen LogP contribution in [0.5, 0.6) is 11.5 Å². The molecule has 1 amide bonds. The van der Waals surface area contributed by atoms with Gasteiger partial charge in [0, 0.05) is 30.7 Å². The Hall–Kier alpha value is -4.99. The lowest BCUT2D eigenvalue weighted by atomic mass is 10.1. The van der Waals surface area contributed by atoms with E-state index >= 15 is 0 Å². The lowest BCUT2D eigenvalue weighted by molar-refractivity contribution is -0.649. The van der Waals surface area contributed by atoms with Crippen molar-refractivity contribution in [1.29, 1.82) is 0 Å². The van der Waals surface area contributed by atoms with Crippen molar-refractivity contribution >= 4 is 28.4 Å². The van der Waals surface area contributed by atoms with Gasteiger partial charge in [-0.3, -0.25) is 19.0 Å². The zero-order chi connectivity index (χ0) is 26.6. The summed E-state index contributed by atoms with van der Waals surface area (Å²) in [5, 5.41) is 3.21. The molecule has 0 aliphatic heterocycles. The highest BCUT2D eigenvalue weighted by atomic mass is 16.5. The number of hydrogen-bond acceptors (Lipinski definition) is 7. The summed E-state index contributed by atoms with van der Waals surface area (Å²) >= 11 is 0. The fraction of sp³-hybridized carbons (Fsp3) is 0.179. The molecule has 0 atom stereocenters. The second-order valence-electron chi connectivity index (χ2n) is 8.67. The number of pyridine rings is 3. The molecule has 0 saturated carbocycles. The van der Waals surface area contributed by atoms with Crippen LogP contribution in [0, 0.1) is 0 Å². The maximum Gasteiger partial charge on any atom is 0.278 e. The Labute approximate surface area is 218 Å². The van der Waals surface area contributed by atoms with Gasteiger partial charge in [-0.25, -0.2) is 4.57 Å². The number of nitrogens with two attached hydrogens (primary N) is 1. The Balaban J connectivity index is 1.50. The smallest absolute Gasteiger partial charge is 0.278 e. The fourth-order valence-electron chi connectivity index (χ4n) is 4.37. The largest absolute Gasteiger partial charge is 0.493 e. The standard InChI is InChI=1S/C28H26N6O4/c1-37-22-9-8-18(14-23(22)38-2)10-12-31-27(35)20-15-21-26(32-24-7-3-4-13-33(24)28(21)36)34(25(20)29)17-19-6-5-11-30-16-19/h3-9,11,13-16,29H,10,12,17H2,1-2H3,(H,31,35)/p+1. The molecule has 38 heavy (non-hydrogen) atoms. The summed E-state index contributed by atoms with van der Waals surface area (Å²) in [5.41, 5.74) is 9.15. The van der Waals surface area contributed by atoms with Crippen LogP contribution in [-0.2, 0) is 13.0 Å². The van der Waals surface area contributed by atoms with Crippen molar-refractivity contribution in [3.8, 4) is 11.5 Å². The molecule has 0 aliphatic rings. The van der Waals surface area contributed by atoms with Crippen molar-refractivity contribution in [2.75, 3.05) is 26.5 Å². The first kappa shape index (κ1) is 24.7. The van der Waals surface area contributed by atoms with E-state index in [9.17, 15) is 9.59 Å². The number of carbonyl (C=O) groups is 1. The average Bonchev–Trinajstić information content (AvgIpc) is 2.95. The van der Waals surface area contributed by atoms with Gasteiger partial charge in [0.15, 0.2) is 11.5 Å². The van der Waals surface area contributed by atoms with E-state index in [1.807, 2.05) is 36.4 Å². The number of benzene rings is 1. The molecule has 0 unspecified atom stereocenters. The van der Waals surface area contributed by atoms with E-state index in [0.717, 1.165) is 11.1 Å². The average molecular weight is 512 g/mol. The molecule has 192 valence electrons. The fourth-order valence-corrected chi connectivity index (χ4v) is 4.37. The molecule has 0 saturated heterocycles. The number of nitrogen functional groups attached to an aromatic ring is 1. The lowest BCUT2D eigenvalue weighted by Crippen LogP contribution is -2.43. The molecule has 0 bridgehead atoms. The highest BCUT2D eigenvalue weighted by molar-refractivity contribution is 6.00. The van der Waals surface area contributed by atoms with E-state index in [2.05, 4.69) is 10.3 Å². The zero-order valence-corrected chi connectivity index (χ0v) is 21.0. The van der Waals surface area contributed by atoms with Crippen LogP contribution in [0.15, 0.2) is 78.0 Å². The summed E-state index contributed by atoms with van der Waals surface area (Å²) in [6.07, 6.45) is 5.59. The second kappa shape index (κ2) is 10.6. The number of amides is 1. The third-order valence-electron chi connectivity index (χ3n) is 6.32. The topological polar surface area (TPSA) is 125 Å². The van der Waals surface area contributed by atoms with Crippen molar-refractivity contribution in [2.24, 2.45) is 0 Å². The van der Waals surface area contributed by atoms with Crippen LogP contribution in [-0.4, -0.2) is 41.0 Å². The third kappa shape index (κ3) is 4.71. The Morgan fingerprint density at radius 1 is 1.05 bits per heavy atom. The predicted octanol–water partition coefficient (Wildman–Crippen LogP) is 2.15. The Morgan fingerprint density at radius 2 is 1.89 bits per heavy atom. The molecular weight excluding hydrogens is 484 g/mol. The van der Waals surface area contributed by atoms with Crippen LogP contribution in [0.1, 0.15) is 21.5 Å². The second-order valence-corrected chi connectivity index (χ2v) is 8.67. The predicted molar refractivity (Wildman–Crippen MR) is 142 cm³/mol. The zero-order valence-electron chi connectivity index (χ0n) is 21.0. The molecule has 10 heteroatoms. The van der Waals surface area contributed by atoms with Crippen molar-refractivity contribution < 1.29 is 18.8 Å². The first-order chi connectivity index (χ1) is 18.5. The molecule has 3 N–H and O–H groups in total. The molecule has 5 aromatic rings. The minimum absolute atomic E-state index is 0.198. The number of methoxy groups -OCH3 is 2. The number of nitrogens with one attached hydrogen (secondary N) is 1. The molecule has 5 rings (SSSR count). The van der Waals surface area contributed by atoms with Crippen molar-refractivity contribution in [2.45, 2.75) is 13.0 Å². The van der Waals surface area contributed by atoms with Gasteiger partial charge in [-0.05, 0) is 48.4 Å². The third-order valence-corrected chi connectivity index (χ3v) is 6.32. The van der Waals surface area contributed by atoms with Crippen LogP contribution < -0.4 is 30.7 Å². The van der Waals surface area contributed by atoms with Gasteiger partial charge in [-0.1, -0.05) is 23.2 Å². The van der Waals surface area contributed by atoms with Crippen LogP contribution in [0.4, 0.5) is 5.82 Å². The van der Waals surface area contributed by atoms with Crippen molar-refractivity contribution in [1.82, 2.24) is 19.7 Å². The summed E-state index contributed by atoms with van der Waals surface area (Å²) < 4.78 is 13.8. The SMILES string of the molecule is COc1ccc(CCNC(=O)c2cc3c(=O)n4ccccc4nc3[n+](Cc3cccnc3)c2N)cc1OC. The molecule has 1 aromatic carbocycles. The van der Waals surface area contributed by atoms with Gasteiger partial charge in [0.2, 0.25) is 11.5 Å². The summed E-state index contributed by atoms with van der Waals surface area (Å²) in [5.74, 6) is 1.07. The van der Waals surface area contributed by atoms with Crippen molar-refractivity contribution in [3.63, 3.8) is 0 Å². The highest BCUT2D eigenvalue weighted by Crippen LogP contribution is 2.27. The summed E-state index contributed by atoms with van der Waals surface area (Å²) in [6, 6.07) is 16.2. The molecule has 0 fully saturated rings. The number of fused-ring (bicyclic) bond motifs is 2. The number of aromatic nitrogens is 4. The van der Waals surface area contributed by atoms with Gasteiger partial charge < -0.3 is 20.5 Å². The van der Waals surface area contributed by atoms with Crippen LogP contribution in [0.2, 0.25) is 0 Å². The lowest BCUT2D eigenvalue weighted by Gasteiger charge is -2.13. The van der Waals surface area contributed by atoms with E-state index in [0.29, 0.717) is 42.3 Å². The highest BCUT2D eigenvalue weighted by Gasteiger charge is 2.24. The van der Waals surface area contributed by atoms with Gasteiger partial charge in [-0.2, -0.15) is 0 Å². The van der Waals surface area contributed by atoms with Gasteiger partial charge in [0.25, 0.3) is 17.1 Å². The summed E-state index contributed by atoms with van der Waals surface area (Å²) in [4.78, 5) is 35.6. The minimum Gasteiger partial charge on any atom is -0.493 e. The Morgan fingerprint density at radius 3 is 2.66 bits per heavy atom. The molecule has 0 aliphatic carbocycles. The first-order valence-electron chi connectivity index (χ1n) is 12.0. The summed E-state index contributed by atoms with van der Waals surface area (Å²) in [6.45, 7) is 0.641. The van der Waals surface area contributed by atoms with Gasteiger partial charge in [0.05, 0.1) is 20.8 Å². The number of ether oxygens (including phenoxy) is 2. The molecule has 10 nitrogen and oxygen atoms in total.